The van der Waals surface area contributed by atoms with Crippen molar-refractivity contribution < 1.29 is 19.5 Å². The zero-order valence-electron chi connectivity index (χ0n) is 24.5. The number of carbonyl (C=O) groups excluding carboxylic acids is 3. The lowest BCUT2D eigenvalue weighted by atomic mass is 9.70. The van der Waals surface area contributed by atoms with E-state index in [0.29, 0.717) is 39.0 Å². The van der Waals surface area contributed by atoms with Crippen molar-refractivity contribution in [2.24, 2.45) is 17.8 Å². The number of likely N-dealkylation sites (tertiary alicyclic amines) is 1. The summed E-state index contributed by atoms with van der Waals surface area (Å²) in [4.78, 5) is 48.7. The topological polar surface area (TPSA) is 81.2 Å². The van der Waals surface area contributed by atoms with Crippen LogP contribution in [-0.4, -0.2) is 90.7 Å². The second-order valence-electron chi connectivity index (χ2n) is 11.9. The fourth-order valence-corrected chi connectivity index (χ4v) is 10.7. The lowest BCUT2D eigenvalue weighted by molar-refractivity contribution is -0.147. The van der Waals surface area contributed by atoms with Gasteiger partial charge in [-0.3, -0.25) is 14.4 Å². The number of alkyl halides is 1. The van der Waals surface area contributed by atoms with Gasteiger partial charge in [-0.15, -0.1) is 24.9 Å². The summed E-state index contributed by atoms with van der Waals surface area (Å²) in [7, 11) is 0. The van der Waals surface area contributed by atoms with E-state index in [1.807, 2.05) is 37.3 Å². The van der Waals surface area contributed by atoms with E-state index < -0.39 is 28.7 Å². The number of fused-ring (bicyclic) bond motifs is 1. The maximum absolute atomic E-state index is 14.7. The van der Waals surface area contributed by atoms with Crippen LogP contribution < -0.4 is 0 Å². The third-order valence-electron chi connectivity index (χ3n) is 8.63. The first kappa shape index (κ1) is 31.8. The van der Waals surface area contributed by atoms with Crippen molar-refractivity contribution >= 4 is 45.4 Å². The van der Waals surface area contributed by atoms with Gasteiger partial charge in [0.2, 0.25) is 17.7 Å². The summed E-state index contributed by atoms with van der Waals surface area (Å²) in [6.07, 6.45) is 5.42. The molecule has 0 radical (unpaired) electrons. The van der Waals surface area contributed by atoms with Gasteiger partial charge in [-0.2, -0.15) is 0 Å². The molecule has 3 heterocycles. The minimum Gasteiger partial charge on any atom is -0.394 e. The quantitative estimate of drug-likeness (QED) is 0.238. The van der Waals surface area contributed by atoms with Crippen LogP contribution in [0.5, 0.6) is 0 Å². The summed E-state index contributed by atoms with van der Waals surface area (Å²) in [6, 6.07) is 8.51. The number of thioether (sulfide) groups is 1. The van der Waals surface area contributed by atoms with E-state index in [1.165, 1.54) is 0 Å². The Morgan fingerprint density at radius 2 is 1.83 bits per heavy atom. The van der Waals surface area contributed by atoms with Crippen molar-refractivity contribution in [1.29, 1.82) is 0 Å². The van der Waals surface area contributed by atoms with Gasteiger partial charge in [0.1, 0.15) is 6.04 Å². The molecular formula is C32H44BrN3O4S. The number of hydrogen-bond acceptors (Lipinski definition) is 5. The second kappa shape index (κ2) is 13.5. The van der Waals surface area contributed by atoms with Gasteiger partial charge in [0.15, 0.2) is 0 Å². The number of rotatable bonds is 14. The first-order chi connectivity index (χ1) is 19.6. The monoisotopic (exact) mass is 645 g/mol. The average molecular weight is 647 g/mol. The van der Waals surface area contributed by atoms with Gasteiger partial charge in [0.05, 0.1) is 29.2 Å². The number of carbonyl (C=O) groups is 3. The summed E-state index contributed by atoms with van der Waals surface area (Å²) in [5.74, 6) is -1.33. The summed E-state index contributed by atoms with van der Waals surface area (Å²) < 4.78 is -0.764. The smallest absolute Gasteiger partial charge is 0.247 e. The summed E-state index contributed by atoms with van der Waals surface area (Å²) in [5, 5.41) is 10.5. The molecule has 4 rings (SSSR count). The lowest BCUT2D eigenvalue weighted by Gasteiger charge is -2.40. The highest BCUT2D eigenvalue weighted by Crippen LogP contribution is 2.68. The molecule has 1 aromatic carbocycles. The molecule has 2 bridgehead atoms. The molecule has 7 nitrogen and oxygen atoms in total. The molecule has 3 aliphatic rings. The Morgan fingerprint density at radius 1 is 1.17 bits per heavy atom. The molecule has 3 fully saturated rings. The molecule has 9 heteroatoms. The van der Waals surface area contributed by atoms with Crippen molar-refractivity contribution in [3.05, 3.63) is 61.2 Å². The summed E-state index contributed by atoms with van der Waals surface area (Å²) in [5.41, 5.74) is 0.989. The fourth-order valence-electron chi connectivity index (χ4n) is 7.14. The van der Waals surface area contributed by atoms with E-state index in [-0.39, 0.29) is 40.3 Å². The minimum atomic E-state index is -0.786. The first-order valence-electron chi connectivity index (χ1n) is 14.7. The average Bonchev–Trinajstić information content (AvgIpc) is 3.54. The van der Waals surface area contributed by atoms with E-state index in [1.54, 1.807) is 38.6 Å². The number of benzene rings is 1. The molecule has 0 aromatic heterocycles. The molecule has 3 unspecified atom stereocenters. The largest absolute Gasteiger partial charge is 0.394 e. The normalized spacial score (nSPS) is 29.0. The highest BCUT2D eigenvalue weighted by molar-refractivity contribution is 9.09. The molecule has 3 aliphatic heterocycles. The zero-order chi connectivity index (χ0) is 29.9. The SMILES string of the molecule is C=CCN(Cc1ccccc1)C(=O)C1N([C@@H](CO)CC(C)C)C(=O)[C@@H]2[C@H](C(=O)N(CC=C)CCC)[C@H]3SC12CC3Br. The fraction of sp³-hybridized carbons (Fsp3) is 0.594. The van der Waals surface area contributed by atoms with E-state index in [2.05, 4.69) is 42.9 Å². The van der Waals surface area contributed by atoms with Crippen LogP contribution in [0.25, 0.3) is 0 Å². The Morgan fingerprint density at radius 3 is 2.41 bits per heavy atom. The zero-order valence-corrected chi connectivity index (χ0v) is 26.9. The van der Waals surface area contributed by atoms with Gasteiger partial charge >= 0.3 is 0 Å². The Labute approximate surface area is 257 Å². The predicted molar refractivity (Wildman–Crippen MR) is 169 cm³/mol. The van der Waals surface area contributed by atoms with Gasteiger partial charge < -0.3 is 19.8 Å². The molecule has 224 valence electrons. The molecular weight excluding hydrogens is 602 g/mol. The Balaban J connectivity index is 1.81. The van der Waals surface area contributed by atoms with Crippen LogP contribution in [0, 0.1) is 17.8 Å². The van der Waals surface area contributed by atoms with Crippen LogP contribution in [0.3, 0.4) is 0 Å². The van der Waals surface area contributed by atoms with Gasteiger partial charge in [-0.1, -0.05) is 79.2 Å². The second-order valence-corrected chi connectivity index (χ2v) is 14.7. The Kier molecular flexibility index (Phi) is 10.5. The van der Waals surface area contributed by atoms with Crippen LogP contribution in [-0.2, 0) is 20.9 Å². The molecule has 3 amide bonds. The summed E-state index contributed by atoms with van der Waals surface area (Å²) >= 11 is 5.51. The molecule has 0 aliphatic carbocycles. The summed E-state index contributed by atoms with van der Waals surface area (Å²) in [6.45, 7) is 15.4. The van der Waals surface area contributed by atoms with Crippen LogP contribution >= 0.6 is 27.7 Å². The minimum absolute atomic E-state index is 0.00684. The molecule has 1 aromatic rings. The lowest BCUT2D eigenvalue weighted by Crippen LogP contribution is -2.58. The number of amides is 3. The van der Waals surface area contributed by atoms with Crippen LogP contribution in [0.1, 0.15) is 45.6 Å². The van der Waals surface area contributed by atoms with Crippen LogP contribution in [0.4, 0.5) is 0 Å². The molecule has 1 N–H and O–H groups in total. The maximum atomic E-state index is 14.7. The van der Waals surface area contributed by atoms with Gasteiger partial charge in [-0.25, -0.2) is 0 Å². The third kappa shape index (κ3) is 5.91. The molecule has 1 spiro atoms. The van der Waals surface area contributed by atoms with E-state index in [4.69, 9.17) is 0 Å². The van der Waals surface area contributed by atoms with Crippen molar-refractivity contribution in [1.82, 2.24) is 14.7 Å². The standard InChI is InChI=1S/C32H44BrN3O4S/c1-6-14-34(15-7-2)29(38)25-26-30(39)36(23(20-37)17-21(4)5)28(32(26)18-24(33)27(25)41-32)31(40)35(16-8-3)19-22-12-10-9-11-13-22/h6,8-13,21,23-28,37H,1,3,7,14-20H2,2,4-5H3/t23-,24?,25+,26+,27+,28?,32?/m1/s1. The highest BCUT2D eigenvalue weighted by atomic mass is 79.9. The van der Waals surface area contributed by atoms with Crippen LogP contribution in [0.15, 0.2) is 55.6 Å². The number of aliphatic hydroxyl groups is 1. The third-order valence-corrected chi connectivity index (χ3v) is 11.8. The van der Waals surface area contributed by atoms with Gasteiger partial charge in [0, 0.05) is 36.3 Å². The molecule has 7 atom stereocenters. The number of nitrogens with zero attached hydrogens (tertiary/aromatic N) is 3. The van der Waals surface area contributed by atoms with Crippen molar-refractivity contribution in [2.75, 3.05) is 26.2 Å². The molecule has 0 saturated carbocycles. The van der Waals surface area contributed by atoms with Crippen molar-refractivity contribution in [3.63, 3.8) is 0 Å². The van der Waals surface area contributed by atoms with E-state index >= 15 is 0 Å². The number of hydrogen-bond donors (Lipinski definition) is 1. The van der Waals surface area contributed by atoms with Crippen molar-refractivity contribution in [2.45, 2.75) is 73.5 Å². The molecule has 3 saturated heterocycles. The predicted octanol–water partition coefficient (Wildman–Crippen LogP) is 4.50. The van der Waals surface area contributed by atoms with Crippen molar-refractivity contribution in [3.8, 4) is 0 Å². The first-order valence-corrected chi connectivity index (χ1v) is 16.5. The Hall–Kier alpha value is -2.10. The van der Waals surface area contributed by atoms with Crippen LogP contribution in [0.2, 0.25) is 0 Å². The Bertz CT molecular complexity index is 1130. The van der Waals surface area contributed by atoms with Gasteiger partial charge in [0.25, 0.3) is 0 Å². The maximum Gasteiger partial charge on any atom is 0.247 e. The molecule has 41 heavy (non-hydrogen) atoms. The van der Waals surface area contributed by atoms with E-state index in [9.17, 15) is 19.5 Å². The van der Waals surface area contributed by atoms with Gasteiger partial charge in [-0.05, 0) is 30.7 Å². The number of halogens is 1. The highest BCUT2D eigenvalue weighted by Gasteiger charge is 2.76. The number of aliphatic hydroxyl groups excluding tert-OH is 1. The van der Waals surface area contributed by atoms with E-state index in [0.717, 1.165) is 12.0 Å².